The molecule has 174 valence electrons. The van der Waals surface area contributed by atoms with E-state index in [9.17, 15) is 0 Å². The average molecular weight is 564 g/mol. The minimum absolute atomic E-state index is 0.300. The predicted molar refractivity (Wildman–Crippen MR) is 148 cm³/mol. The second-order valence-electron chi connectivity index (χ2n) is 8.80. The highest BCUT2D eigenvalue weighted by Gasteiger charge is 2.37. The number of benzene rings is 3. The summed E-state index contributed by atoms with van der Waals surface area (Å²) >= 11 is 2.29. The highest BCUT2D eigenvalue weighted by molar-refractivity contribution is 14.1. The lowest BCUT2D eigenvalue weighted by Gasteiger charge is -2.37. The second-order valence-corrected chi connectivity index (χ2v) is 9.96. The molecule has 5 rings (SSSR count). The Kier molecular flexibility index (Phi) is 6.90. The molecule has 5 heteroatoms. The van der Waals surface area contributed by atoms with Gasteiger partial charge in [0, 0.05) is 17.8 Å². The first-order valence-corrected chi connectivity index (χ1v) is 12.9. The molecule has 0 saturated carbocycles. The van der Waals surface area contributed by atoms with E-state index in [0.29, 0.717) is 24.5 Å². The molecule has 0 unspecified atom stereocenters. The molecule has 0 bridgehead atoms. The van der Waals surface area contributed by atoms with Crippen molar-refractivity contribution < 1.29 is 9.47 Å². The van der Waals surface area contributed by atoms with E-state index in [1.807, 2.05) is 12.3 Å². The summed E-state index contributed by atoms with van der Waals surface area (Å²) in [5.74, 6) is 2.57. The van der Waals surface area contributed by atoms with Crippen LogP contribution in [-0.4, -0.2) is 19.9 Å². The molecule has 0 aromatic heterocycles. The van der Waals surface area contributed by atoms with Crippen molar-refractivity contribution in [3.05, 3.63) is 93.1 Å². The quantitative estimate of drug-likeness (QED) is 0.182. The van der Waals surface area contributed by atoms with Crippen LogP contribution in [0.5, 0.6) is 11.5 Å². The first-order valence-electron chi connectivity index (χ1n) is 11.8. The smallest absolute Gasteiger partial charge is 0.174 e. The van der Waals surface area contributed by atoms with Crippen molar-refractivity contribution in [3.63, 3.8) is 0 Å². The monoisotopic (exact) mass is 564 g/mol. The molecule has 1 aliphatic carbocycles. The number of anilines is 1. The molecule has 0 radical (unpaired) electrons. The zero-order valence-corrected chi connectivity index (χ0v) is 21.7. The molecule has 2 aliphatic rings. The van der Waals surface area contributed by atoms with Crippen molar-refractivity contribution in [2.24, 2.45) is 10.9 Å². The van der Waals surface area contributed by atoms with Gasteiger partial charge >= 0.3 is 0 Å². The molecule has 1 aliphatic heterocycles. The number of aliphatic imine (C=N–C) groups is 1. The molecule has 0 spiro atoms. The van der Waals surface area contributed by atoms with Crippen molar-refractivity contribution in [3.8, 4) is 11.5 Å². The number of ether oxygens (including phenoxy) is 2. The molecular formula is C29H29IN2O2. The van der Waals surface area contributed by atoms with Gasteiger partial charge in [0.1, 0.15) is 0 Å². The van der Waals surface area contributed by atoms with Gasteiger partial charge < -0.3 is 14.8 Å². The van der Waals surface area contributed by atoms with Crippen molar-refractivity contribution in [1.29, 1.82) is 0 Å². The van der Waals surface area contributed by atoms with Crippen molar-refractivity contribution in [2.45, 2.75) is 31.7 Å². The van der Waals surface area contributed by atoms with E-state index < -0.39 is 0 Å². The standard InChI is InChI=1S/C29H29IN2O2/c1-3-15-34-29-25(30)16-19(17-27(29)33-2)18-31-21-13-11-20(12-14-21)28-24-9-6-8-22(24)23-7-4-5-10-26(23)32-28/h4-8,10-14,16-18,22,24,28,32H,3,9,15H2,1-2H3/t22-,24-,28+/m1/s1. The van der Waals surface area contributed by atoms with E-state index in [-0.39, 0.29) is 0 Å². The Bertz CT molecular complexity index is 1220. The van der Waals surface area contributed by atoms with E-state index in [1.165, 1.54) is 16.8 Å². The fourth-order valence-corrected chi connectivity index (χ4v) is 5.73. The van der Waals surface area contributed by atoms with Gasteiger partial charge in [0.2, 0.25) is 0 Å². The lowest BCUT2D eigenvalue weighted by atomic mass is 9.77. The van der Waals surface area contributed by atoms with Crippen LogP contribution in [0.15, 0.2) is 77.8 Å². The summed E-state index contributed by atoms with van der Waals surface area (Å²) in [5.41, 5.74) is 5.88. The molecule has 0 fully saturated rings. The minimum atomic E-state index is 0.300. The van der Waals surface area contributed by atoms with Gasteiger partial charge in [-0.2, -0.15) is 0 Å². The van der Waals surface area contributed by atoms with Crippen molar-refractivity contribution >= 4 is 40.2 Å². The fourth-order valence-electron chi connectivity index (χ4n) is 4.95. The van der Waals surface area contributed by atoms with Crippen LogP contribution in [0.3, 0.4) is 0 Å². The normalized spacial score (nSPS) is 20.6. The molecular weight excluding hydrogens is 535 g/mol. The number of methoxy groups -OCH3 is 1. The summed E-state index contributed by atoms with van der Waals surface area (Å²) in [6, 6.07) is 21.7. The maximum Gasteiger partial charge on any atom is 0.174 e. The van der Waals surface area contributed by atoms with Gasteiger partial charge in [0.25, 0.3) is 0 Å². The van der Waals surface area contributed by atoms with E-state index in [4.69, 9.17) is 14.5 Å². The average Bonchev–Trinajstić information content (AvgIpc) is 3.37. The number of hydrogen-bond donors (Lipinski definition) is 1. The van der Waals surface area contributed by atoms with Crippen molar-refractivity contribution in [2.75, 3.05) is 19.0 Å². The van der Waals surface area contributed by atoms with E-state index >= 15 is 0 Å². The highest BCUT2D eigenvalue weighted by atomic mass is 127. The molecule has 3 aromatic rings. The van der Waals surface area contributed by atoms with Gasteiger partial charge in [0.15, 0.2) is 11.5 Å². The van der Waals surface area contributed by atoms with Gasteiger partial charge in [-0.1, -0.05) is 49.4 Å². The third-order valence-electron chi connectivity index (χ3n) is 6.59. The molecule has 1 N–H and O–H groups in total. The summed E-state index contributed by atoms with van der Waals surface area (Å²) in [4.78, 5) is 4.72. The topological polar surface area (TPSA) is 42.8 Å². The van der Waals surface area contributed by atoms with Crippen LogP contribution in [0.2, 0.25) is 0 Å². The number of allylic oxidation sites excluding steroid dienone is 2. The zero-order valence-electron chi connectivity index (χ0n) is 19.5. The molecule has 4 nitrogen and oxygen atoms in total. The summed E-state index contributed by atoms with van der Waals surface area (Å²) in [6.07, 6.45) is 8.66. The minimum Gasteiger partial charge on any atom is -0.493 e. The van der Waals surface area contributed by atoms with E-state index in [2.05, 4.69) is 102 Å². The molecule has 3 atom stereocenters. The first kappa shape index (κ1) is 23.0. The number of rotatable bonds is 7. The number of fused-ring (bicyclic) bond motifs is 3. The number of nitrogens with zero attached hydrogens (tertiary/aromatic N) is 1. The predicted octanol–water partition coefficient (Wildman–Crippen LogP) is 7.67. The molecule has 1 heterocycles. The SMILES string of the molecule is CCCOc1c(I)cc(C=Nc2ccc([C@@H]3Nc4ccccc4[C@H]4C=CC[C@H]43)cc2)cc1OC. The maximum atomic E-state index is 5.86. The molecule has 0 saturated heterocycles. The second kappa shape index (κ2) is 10.2. The van der Waals surface area contributed by atoms with Gasteiger partial charge in [-0.15, -0.1) is 0 Å². The third kappa shape index (κ3) is 4.58. The summed E-state index contributed by atoms with van der Waals surface area (Å²) < 4.78 is 12.4. The number of hydrogen-bond acceptors (Lipinski definition) is 4. The van der Waals surface area contributed by atoms with Gasteiger partial charge in [0.05, 0.1) is 29.0 Å². The van der Waals surface area contributed by atoms with Crippen LogP contribution in [0.1, 0.15) is 48.4 Å². The fraction of sp³-hybridized carbons (Fsp3) is 0.276. The Balaban J connectivity index is 1.34. The number of para-hydroxylation sites is 1. The maximum absolute atomic E-state index is 5.86. The summed E-state index contributed by atoms with van der Waals surface area (Å²) in [6.45, 7) is 2.77. The summed E-state index contributed by atoms with van der Waals surface area (Å²) in [5, 5.41) is 3.80. The van der Waals surface area contributed by atoms with Crippen LogP contribution >= 0.6 is 22.6 Å². The zero-order chi connectivity index (χ0) is 23.5. The Morgan fingerprint density at radius 1 is 1.12 bits per heavy atom. The van der Waals surface area contributed by atoms with Crippen LogP contribution in [0.4, 0.5) is 11.4 Å². The van der Waals surface area contributed by atoms with Crippen LogP contribution in [-0.2, 0) is 0 Å². The first-order chi connectivity index (χ1) is 16.7. The van der Waals surface area contributed by atoms with Crippen LogP contribution < -0.4 is 14.8 Å². The Labute approximate surface area is 215 Å². The van der Waals surface area contributed by atoms with E-state index in [0.717, 1.165) is 39.2 Å². The lowest BCUT2D eigenvalue weighted by molar-refractivity contribution is 0.292. The largest absolute Gasteiger partial charge is 0.493 e. The third-order valence-corrected chi connectivity index (χ3v) is 7.39. The van der Waals surface area contributed by atoms with Crippen molar-refractivity contribution in [1.82, 2.24) is 0 Å². The molecule has 3 aromatic carbocycles. The lowest BCUT2D eigenvalue weighted by Crippen LogP contribution is -2.28. The molecule has 0 amide bonds. The Hall–Kier alpha value is -2.80. The Morgan fingerprint density at radius 3 is 2.74 bits per heavy atom. The number of nitrogens with one attached hydrogen (secondary N) is 1. The molecule has 34 heavy (non-hydrogen) atoms. The van der Waals surface area contributed by atoms with Gasteiger partial charge in [-0.25, -0.2) is 0 Å². The number of halogens is 1. The van der Waals surface area contributed by atoms with Gasteiger partial charge in [-0.05, 0) is 88.4 Å². The Morgan fingerprint density at radius 2 is 1.94 bits per heavy atom. The summed E-state index contributed by atoms with van der Waals surface area (Å²) in [7, 11) is 1.67. The van der Waals surface area contributed by atoms with E-state index in [1.54, 1.807) is 7.11 Å². The van der Waals surface area contributed by atoms with Gasteiger partial charge in [-0.3, -0.25) is 4.99 Å². The van der Waals surface area contributed by atoms with Crippen LogP contribution in [0.25, 0.3) is 0 Å². The highest BCUT2D eigenvalue weighted by Crippen LogP contribution is 2.49. The van der Waals surface area contributed by atoms with Crippen LogP contribution in [0, 0.1) is 9.49 Å².